The van der Waals surface area contributed by atoms with Crippen LogP contribution in [0.2, 0.25) is 0 Å². The molecule has 1 amide bonds. The Morgan fingerprint density at radius 2 is 2.27 bits per heavy atom. The van der Waals surface area contributed by atoms with Crippen LogP contribution in [0, 0.1) is 0 Å². The Labute approximate surface area is 91.0 Å². The van der Waals surface area contributed by atoms with E-state index in [0.717, 1.165) is 6.42 Å². The molecule has 0 radical (unpaired) electrons. The summed E-state index contributed by atoms with van der Waals surface area (Å²) in [6.07, 6.45) is 1.32. The predicted molar refractivity (Wildman–Crippen MR) is 58.4 cm³/mol. The number of hydrogen-bond donors (Lipinski definition) is 3. The number of amides is 1. The minimum atomic E-state index is -0.349. The van der Waals surface area contributed by atoms with E-state index in [-0.39, 0.29) is 24.7 Å². The fourth-order valence-corrected chi connectivity index (χ4v) is 1.20. The van der Waals surface area contributed by atoms with E-state index in [1.54, 1.807) is 0 Å². The molecule has 5 heteroatoms. The maximum Gasteiger partial charge on any atom is 0.246 e. The first kappa shape index (κ1) is 14.3. The van der Waals surface area contributed by atoms with Crippen molar-refractivity contribution >= 4 is 5.91 Å². The van der Waals surface area contributed by atoms with Crippen LogP contribution in [0.3, 0.4) is 0 Å². The molecule has 5 nitrogen and oxygen atoms in total. The molecule has 0 spiro atoms. The first-order chi connectivity index (χ1) is 7.08. The van der Waals surface area contributed by atoms with Crippen molar-refractivity contribution in [3.8, 4) is 0 Å². The normalized spacial score (nSPS) is 14.7. The van der Waals surface area contributed by atoms with Gasteiger partial charge in [0.2, 0.25) is 5.91 Å². The summed E-state index contributed by atoms with van der Waals surface area (Å²) in [7, 11) is 0. The molecular weight excluding hydrogens is 196 g/mol. The molecule has 0 heterocycles. The second-order valence-electron chi connectivity index (χ2n) is 3.78. The molecule has 0 rings (SSSR count). The van der Waals surface area contributed by atoms with E-state index >= 15 is 0 Å². The summed E-state index contributed by atoms with van der Waals surface area (Å²) in [6, 6.07) is 0. The number of aliphatic hydroxyl groups is 1. The van der Waals surface area contributed by atoms with Crippen LogP contribution in [0.25, 0.3) is 0 Å². The lowest BCUT2D eigenvalue weighted by molar-refractivity contribution is -0.127. The van der Waals surface area contributed by atoms with Crippen molar-refractivity contribution in [2.24, 2.45) is 5.73 Å². The van der Waals surface area contributed by atoms with Gasteiger partial charge in [0.1, 0.15) is 6.61 Å². The molecular formula is C10H22N2O3. The number of nitrogens with two attached hydrogens (primary N) is 1. The van der Waals surface area contributed by atoms with Crippen molar-refractivity contribution in [3.63, 3.8) is 0 Å². The monoisotopic (exact) mass is 218 g/mol. The minimum absolute atomic E-state index is 0.0260. The molecule has 4 N–H and O–H groups in total. The molecule has 0 aliphatic heterocycles. The van der Waals surface area contributed by atoms with Crippen molar-refractivity contribution in [2.45, 2.75) is 32.2 Å². The Balaban J connectivity index is 3.90. The van der Waals surface area contributed by atoms with Crippen LogP contribution in [0.4, 0.5) is 0 Å². The second-order valence-corrected chi connectivity index (χ2v) is 3.78. The molecule has 0 aliphatic carbocycles. The van der Waals surface area contributed by atoms with Crippen LogP contribution in [0.15, 0.2) is 0 Å². The summed E-state index contributed by atoms with van der Waals surface area (Å²) < 4.78 is 5.01. The molecule has 0 saturated heterocycles. The van der Waals surface area contributed by atoms with Crippen LogP contribution in [0.5, 0.6) is 0 Å². The first-order valence-corrected chi connectivity index (χ1v) is 5.27. The number of ether oxygens (including phenoxy) is 1. The van der Waals surface area contributed by atoms with Gasteiger partial charge >= 0.3 is 0 Å². The first-order valence-electron chi connectivity index (χ1n) is 5.27. The van der Waals surface area contributed by atoms with Crippen LogP contribution >= 0.6 is 0 Å². The van der Waals surface area contributed by atoms with Gasteiger partial charge in [-0.2, -0.15) is 0 Å². The summed E-state index contributed by atoms with van der Waals surface area (Å²) in [5.41, 5.74) is 4.88. The van der Waals surface area contributed by atoms with Gasteiger partial charge in [-0.3, -0.25) is 4.79 Å². The van der Waals surface area contributed by atoms with Gasteiger partial charge in [-0.05, 0) is 19.8 Å². The lowest BCUT2D eigenvalue weighted by atomic mass is 9.95. The molecule has 0 aromatic heterocycles. The predicted octanol–water partition coefficient (Wildman–Crippen LogP) is -0.371. The zero-order valence-corrected chi connectivity index (χ0v) is 9.58. The summed E-state index contributed by atoms with van der Waals surface area (Å²) in [5, 5.41) is 11.7. The van der Waals surface area contributed by atoms with Crippen molar-refractivity contribution in [1.29, 1.82) is 0 Å². The zero-order valence-electron chi connectivity index (χ0n) is 9.58. The van der Waals surface area contributed by atoms with Crippen LogP contribution < -0.4 is 11.1 Å². The number of rotatable bonds is 8. The Morgan fingerprint density at radius 3 is 2.73 bits per heavy atom. The third-order valence-corrected chi connectivity index (χ3v) is 2.38. The standard InChI is InChI=1S/C10H22N2O3/c1-3-10(2,4-6-13)12-9(14)8-15-7-5-11/h13H,3-8,11H2,1-2H3,(H,12,14). The van der Waals surface area contributed by atoms with Gasteiger partial charge in [0.25, 0.3) is 0 Å². The van der Waals surface area contributed by atoms with E-state index in [1.807, 2.05) is 13.8 Å². The lowest BCUT2D eigenvalue weighted by Gasteiger charge is -2.28. The Hall–Kier alpha value is -0.650. The highest BCUT2D eigenvalue weighted by molar-refractivity contribution is 5.78. The fraction of sp³-hybridized carbons (Fsp3) is 0.900. The SMILES string of the molecule is CCC(C)(CCO)NC(=O)COCCN. The molecule has 0 aliphatic rings. The number of carbonyl (C=O) groups is 1. The Bertz CT molecular complexity index is 188. The highest BCUT2D eigenvalue weighted by atomic mass is 16.5. The molecule has 0 aromatic carbocycles. The number of carbonyl (C=O) groups excluding carboxylic acids is 1. The molecule has 0 aromatic rings. The van der Waals surface area contributed by atoms with Crippen molar-refractivity contribution in [3.05, 3.63) is 0 Å². The smallest absolute Gasteiger partial charge is 0.246 e. The molecule has 1 atom stereocenters. The largest absolute Gasteiger partial charge is 0.396 e. The maximum atomic E-state index is 11.4. The third kappa shape index (κ3) is 6.43. The summed E-state index contributed by atoms with van der Waals surface area (Å²) in [5.74, 6) is -0.166. The van der Waals surface area contributed by atoms with E-state index in [1.165, 1.54) is 0 Å². The minimum Gasteiger partial charge on any atom is -0.396 e. The van der Waals surface area contributed by atoms with Crippen LogP contribution in [-0.2, 0) is 9.53 Å². The molecule has 0 fully saturated rings. The van der Waals surface area contributed by atoms with Gasteiger partial charge < -0.3 is 20.9 Å². The lowest BCUT2D eigenvalue weighted by Crippen LogP contribution is -2.47. The highest BCUT2D eigenvalue weighted by Crippen LogP contribution is 2.13. The van der Waals surface area contributed by atoms with Crippen molar-refractivity contribution < 1.29 is 14.6 Å². The van der Waals surface area contributed by atoms with Crippen molar-refractivity contribution in [2.75, 3.05) is 26.4 Å². The second kappa shape index (κ2) is 7.62. The maximum absolute atomic E-state index is 11.4. The van der Waals surface area contributed by atoms with E-state index in [0.29, 0.717) is 19.6 Å². The average molecular weight is 218 g/mol. The Kier molecular flexibility index (Phi) is 7.29. The zero-order chi connectivity index (χ0) is 11.7. The summed E-state index contributed by atoms with van der Waals surface area (Å²) >= 11 is 0. The molecule has 90 valence electrons. The fourth-order valence-electron chi connectivity index (χ4n) is 1.20. The van der Waals surface area contributed by atoms with Gasteiger partial charge in [0, 0.05) is 18.7 Å². The molecule has 1 unspecified atom stereocenters. The van der Waals surface area contributed by atoms with E-state index in [9.17, 15) is 4.79 Å². The topological polar surface area (TPSA) is 84.6 Å². The third-order valence-electron chi connectivity index (χ3n) is 2.38. The van der Waals surface area contributed by atoms with Gasteiger partial charge in [-0.1, -0.05) is 6.92 Å². The van der Waals surface area contributed by atoms with E-state index in [4.69, 9.17) is 15.6 Å². The van der Waals surface area contributed by atoms with Gasteiger partial charge in [0.05, 0.1) is 6.61 Å². The van der Waals surface area contributed by atoms with Gasteiger partial charge in [0.15, 0.2) is 0 Å². The summed E-state index contributed by atoms with van der Waals surface area (Å²) in [6.45, 7) is 4.76. The molecule has 15 heavy (non-hydrogen) atoms. The Morgan fingerprint density at radius 1 is 1.60 bits per heavy atom. The number of hydrogen-bond acceptors (Lipinski definition) is 4. The highest BCUT2D eigenvalue weighted by Gasteiger charge is 2.23. The average Bonchev–Trinajstić information content (AvgIpc) is 2.18. The number of nitrogens with one attached hydrogen (secondary N) is 1. The van der Waals surface area contributed by atoms with Gasteiger partial charge in [-0.15, -0.1) is 0 Å². The van der Waals surface area contributed by atoms with E-state index < -0.39 is 0 Å². The molecule has 0 bridgehead atoms. The molecule has 0 saturated carbocycles. The van der Waals surface area contributed by atoms with E-state index in [2.05, 4.69) is 5.32 Å². The summed E-state index contributed by atoms with van der Waals surface area (Å²) in [4.78, 5) is 11.4. The van der Waals surface area contributed by atoms with Crippen LogP contribution in [0.1, 0.15) is 26.7 Å². The number of aliphatic hydroxyl groups excluding tert-OH is 1. The van der Waals surface area contributed by atoms with Crippen LogP contribution in [-0.4, -0.2) is 42.9 Å². The quantitative estimate of drug-likeness (QED) is 0.485. The van der Waals surface area contributed by atoms with Gasteiger partial charge in [-0.25, -0.2) is 0 Å². The van der Waals surface area contributed by atoms with Crippen molar-refractivity contribution in [1.82, 2.24) is 5.32 Å².